The van der Waals surface area contributed by atoms with Crippen molar-refractivity contribution < 1.29 is 14.4 Å². The van der Waals surface area contributed by atoms with E-state index >= 15 is 0 Å². The Morgan fingerprint density at radius 1 is 1.45 bits per heavy atom. The van der Waals surface area contributed by atoms with E-state index in [4.69, 9.17) is 4.52 Å². The van der Waals surface area contributed by atoms with Gasteiger partial charge in [0.15, 0.2) is 5.76 Å². The molecule has 2 aromatic rings. The van der Waals surface area contributed by atoms with E-state index in [1.807, 2.05) is 20.8 Å². The number of carboxylic acids is 1. The molecule has 0 amide bonds. The number of rotatable bonds is 3. The van der Waals surface area contributed by atoms with E-state index in [1.165, 1.54) is 0 Å². The summed E-state index contributed by atoms with van der Waals surface area (Å²) in [5.41, 5.74) is 1.23. The van der Waals surface area contributed by atoms with E-state index in [9.17, 15) is 9.90 Å². The molecule has 2 aromatic heterocycles. The molecule has 1 aliphatic rings. The van der Waals surface area contributed by atoms with E-state index in [-0.39, 0.29) is 17.0 Å². The van der Waals surface area contributed by atoms with Gasteiger partial charge in [-0.05, 0) is 33.6 Å². The Bertz CT molecular complexity index is 660. The fraction of sp³-hybridized carbons (Fsp3) is 0.500. The molecule has 0 bridgehead atoms. The molecule has 2 heterocycles. The molecule has 0 saturated heterocycles. The van der Waals surface area contributed by atoms with Gasteiger partial charge in [0, 0.05) is 12.1 Å². The van der Waals surface area contributed by atoms with Gasteiger partial charge in [-0.1, -0.05) is 5.16 Å². The molecule has 6 heteroatoms. The SMILES string of the molecule is CC(C)(C)n1cc(-c2onc(C3CC3)c2C(=O)O)cn1. The van der Waals surface area contributed by atoms with Crippen molar-refractivity contribution in [2.75, 3.05) is 0 Å². The third-order valence-electron chi connectivity index (χ3n) is 3.43. The van der Waals surface area contributed by atoms with Crippen molar-refractivity contribution in [3.8, 4) is 11.3 Å². The van der Waals surface area contributed by atoms with Crippen LogP contribution in [0.2, 0.25) is 0 Å². The van der Waals surface area contributed by atoms with Gasteiger partial charge >= 0.3 is 5.97 Å². The second-order valence-electron chi connectivity index (χ2n) is 6.20. The molecule has 6 nitrogen and oxygen atoms in total. The molecule has 0 aliphatic heterocycles. The predicted molar refractivity (Wildman–Crippen MR) is 71.7 cm³/mol. The lowest BCUT2D eigenvalue weighted by Gasteiger charge is -2.18. The Morgan fingerprint density at radius 3 is 2.65 bits per heavy atom. The zero-order chi connectivity index (χ0) is 14.5. The maximum absolute atomic E-state index is 11.5. The van der Waals surface area contributed by atoms with Crippen LogP contribution in [-0.2, 0) is 5.54 Å². The molecule has 0 atom stereocenters. The predicted octanol–water partition coefficient (Wildman–Crippen LogP) is 2.87. The minimum atomic E-state index is -0.994. The summed E-state index contributed by atoms with van der Waals surface area (Å²) < 4.78 is 7.07. The third kappa shape index (κ3) is 2.11. The Morgan fingerprint density at radius 2 is 2.15 bits per heavy atom. The van der Waals surface area contributed by atoms with Gasteiger partial charge < -0.3 is 9.63 Å². The Hall–Kier alpha value is -2.11. The van der Waals surface area contributed by atoms with Gasteiger partial charge in [-0.15, -0.1) is 0 Å². The number of aromatic carboxylic acids is 1. The number of carbonyl (C=O) groups is 1. The summed E-state index contributed by atoms with van der Waals surface area (Å²) in [5.74, 6) is -0.460. The molecule has 0 unspecified atom stereocenters. The highest BCUT2D eigenvalue weighted by Crippen LogP contribution is 2.43. The average molecular weight is 275 g/mol. The van der Waals surface area contributed by atoms with Crippen molar-refractivity contribution in [2.24, 2.45) is 0 Å². The first-order valence-corrected chi connectivity index (χ1v) is 6.66. The molecular formula is C14H17N3O3. The van der Waals surface area contributed by atoms with Crippen LogP contribution in [0.1, 0.15) is 55.6 Å². The highest BCUT2D eigenvalue weighted by Gasteiger charge is 2.35. The van der Waals surface area contributed by atoms with Gasteiger partial charge in [0.25, 0.3) is 0 Å². The van der Waals surface area contributed by atoms with Gasteiger partial charge in [-0.2, -0.15) is 5.10 Å². The van der Waals surface area contributed by atoms with Crippen LogP contribution in [0.15, 0.2) is 16.9 Å². The maximum Gasteiger partial charge on any atom is 0.341 e. The minimum absolute atomic E-state index is 0.166. The van der Waals surface area contributed by atoms with Crippen LogP contribution in [0, 0.1) is 0 Å². The molecule has 20 heavy (non-hydrogen) atoms. The summed E-state index contributed by atoms with van der Waals surface area (Å²) in [7, 11) is 0. The summed E-state index contributed by atoms with van der Waals surface area (Å²) in [4.78, 5) is 11.5. The number of hydrogen-bond acceptors (Lipinski definition) is 4. The van der Waals surface area contributed by atoms with Crippen LogP contribution in [0.3, 0.4) is 0 Å². The fourth-order valence-corrected chi connectivity index (χ4v) is 2.15. The van der Waals surface area contributed by atoms with Crippen LogP contribution in [0.5, 0.6) is 0 Å². The van der Waals surface area contributed by atoms with Crippen LogP contribution in [-0.4, -0.2) is 26.0 Å². The van der Waals surface area contributed by atoms with Crippen LogP contribution in [0.4, 0.5) is 0 Å². The lowest BCUT2D eigenvalue weighted by Crippen LogP contribution is -2.21. The summed E-state index contributed by atoms with van der Waals surface area (Å²) in [6.07, 6.45) is 5.37. The molecule has 1 fully saturated rings. The lowest BCUT2D eigenvalue weighted by atomic mass is 10.1. The molecule has 0 spiro atoms. The van der Waals surface area contributed by atoms with Crippen molar-refractivity contribution >= 4 is 5.97 Å². The number of carboxylic acid groups (broad SMARTS) is 1. The van der Waals surface area contributed by atoms with Crippen molar-refractivity contribution in [3.63, 3.8) is 0 Å². The number of nitrogens with zero attached hydrogens (tertiary/aromatic N) is 3. The van der Waals surface area contributed by atoms with Crippen molar-refractivity contribution in [3.05, 3.63) is 23.7 Å². The second-order valence-corrected chi connectivity index (χ2v) is 6.20. The first-order valence-electron chi connectivity index (χ1n) is 6.66. The zero-order valence-electron chi connectivity index (χ0n) is 11.8. The monoisotopic (exact) mass is 275 g/mol. The van der Waals surface area contributed by atoms with Crippen LogP contribution in [0.25, 0.3) is 11.3 Å². The molecular weight excluding hydrogens is 258 g/mol. The van der Waals surface area contributed by atoms with Crippen LogP contribution < -0.4 is 0 Å². The van der Waals surface area contributed by atoms with Crippen molar-refractivity contribution in [1.29, 1.82) is 0 Å². The Labute approximate surface area is 116 Å². The number of hydrogen-bond donors (Lipinski definition) is 1. The largest absolute Gasteiger partial charge is 0.477 e. The highest BCUT2D eigenvalue weighted by molar-refractivity contribution is 5.95. The molecule has 0 radical (unpaired) electrons. The molecule has 1 N–H and O–H groups in total. The van der Waals surface area contributed by atoms with E-state index in [1.54, 1.807) is 17.1 Å². The van der Waals surface area contributed by atoms with Gasteiger partial charge in [-0.25, -0.2) is 4.79 Å². The quantitative estimate of drug-likeness (QED) is 0.931. The van der Waals surface area contributed by atoms with Crippen molar-refractivity contribution in [1.82, 2.24) is 14.9 Å². The lowest BCUT2D eigenvalue weighted by molar-refractivity contribution is 0.0696. The first kappa shape index (κ1) is 12.9. The summed E-state index contributed by atoms with van der Waals surface area (Å²) in [6.45, 7) is 6.08. The second kappa shape index (κ2) is 4.19. The standard InChI is InChI=1S/C14H17N3O3/c1-14(2,3)17-7-9(6-15-17)12-10(13(18)19)11(16-20-12)8-4-5-8/h6-8H,4-5H2,1-3H3,(H,18,19). The van der Waals surface area contributed by atoms with Gasteiger partial charge in [0.1, 0.15) is 11.3 Å². The third-order valence-corrected chi connectivity index (χ3v) is 3.43. The van der Waals surface area contributed by atoms with Gasteiger partial charge in [-0.3, -0.25) is 4.68 Å². The van der Waals surface area contributed by atoms with Gasteiger partial charge in [0.05, 0.1) is 17.3 Å². The summed E-state index contributed by atoms with van der Waals surface area (Å²) in [5, 5.41) is 17.6. The molecule has 1 saturated carbocycles. The summed E-state index contributed by atoms with van der Waals surface area (Å²) in [6, 6.07) is 0. The summed E-state index contributed by atoms with van der Waals surface area (Å²) >= 11 is 0. The maximum atomic E-state index is 11.5. The Balaban J connectivity index is 2.06. The van der Waals surface area contributed by atoms with Gasteiger partial charge in [0.2, 0.25) is 0 Å². The van der Waals surface area contributed by atoms with E-state index < -0.39 is 5.97 Å². The molecule has 106 valence electrons. The van der Waals surface area contributed by atoms with Crippen LogP contribution >= 0.6 is 0 Å². The average Bonchev–Trinajstić information content (AvgIpc) is 2.92. The molecule has 3 rings (SSSR count). The van der Waals surface area contributed by atoms with Crippen molar-refractivity contribution in [2.45, 2.75) is 45.1 Å². The Kier molecular flexibility index (Phi) is 2.70. The molecule has 0 aromatic carbocycles. The smallest absolute Gasteiger partial charge is 0.341 e. The number of aromatic nitrogens is 3. The zero-order valence-corrected chi connectivity index (χ0v) is 11.8. The minimum Gasteiger partial charge on any atom is -0.477 e. The topological polar surface area (TPSA) is 81.2 Å². The highest BCUT2D eigenvalue weighted by atomic mass is 16.5. The van der Waals surface area contributed by atoms with E-state index in [0.29, 0.717) is 17.0 Å². The van der Waals surface area contributed by atoms with E-state index in [0.717, 1.165) is 12.8 Å². The normalized spacial score (nSPS) is 15.6. The van der Waals surface area contributed by atoms with E-state index in [2.05, 4.69) is 10.3 Å². The fourth-order valence-electron chi connectivity index (χ4n) is 2.15. The molecule has 1 aliphatic carbocycles. The first-order chi connectivity index (χ1) is 9.38.